The van der Waals surface area contributed by atoms with Crippen molar-refractivity contribution in [3.63, 3.8) is 0 Å². The average molecular weight is 357 g/mol. The van der Waals surface area contributed by atoms with Crippen LogP contribution in [0.4, 0.5) is 5.69 Å². The molecule has 4 heteroatoms. The van der Waals surface area contributed by atoms with Gasteiger partial charge in [-0.05, 0) is 70.1 Å². The molecule has 3 rings (SSSR count). The number of rotatable bonds is 5. The van der Waals surface area contributed by atoms with Gasteiger partial charge in [-0.15, -0.1) is 0 Å². The molecule has 0 aromatic heterocycles. The lowest BCUT2D eigenvalue weighted by atomic mass is 9.80. The van der Waals surface area contributed by atoms with Crippen molar-refractivity contribution in [1.29, 1.82) is 0 Å². The third kappa shape index (κ3) is 4.46. The smallest absolute Gasteiger partial charge is 0.230 e. The van der Waals surface area contributed by atoms with Crippen LogP contribution < -0.4 is 10.2 Å². The number of aryl methyl sites for hydroxylation is 1. The van der Waals surface area contributed by atoms with E-state index in [1.165, 1.54) is 18.4 Å². The standard InChI is InChI=1S/C22H32N2O2/c1-3-24(20-10-6-7-16(2)15-20)22(26)18-13-11-17(12-14-18)21(25)23-19-8-4-5-9-19/h6-7,10,15,17-19H,3-5,8-9,11-14H2,1-2H3,(H,23,25). The molecular weight excluding hydrogens is 324 g/mol. The van der Waals surface area contributed by atoms with E-state index in [1.807, 2.05) is 24.0 Å². The van der Waals surface area contributed by atoms with Crippen molar-refractivity contribution in [1.82, 2.24) is 5.32 Å². The molecule has 1 N–H and O–H groups in total. The van der Waals surface area contributed by atoms with E-state index in [4.69, 9.17) is 0 Å². The first-order valence-electron chi connectivity index (χ1n) is 10.3. The van der Waals surface area contributed by atoms with E-state index in [0.29, 0.717) is 12.6 Å². The zero-order chi connectivity index (χ0) is 18.5. The van der Waals surface area contributed by atoms with Crippen LogP contribution in [0.3, 0.4) is 0 Å². The molecule has 0 heterocycles. The fraction of sp³-hybridized carbons (Fsp3) is 0.636. The van der Waals surface area contributed by atoms with Crippen LogP contribution in [0.5, 0.6) is 0 Å². The van der Waals surface area contributed by atoms with Crippen LogP contribution in [0.1, 0.15) is 63.9 Å². The van der Waals surface area contributed by atoms with Crippen LogP contribution in [0.15, 0.2) is 24.3 Å². The van der Waals surface area contributed by atoms with Crippen molar-refractivity contribution >= 4 is 17.5 Å². The van der Waals surface area contributed by atoms with Crippen molar-refractivity contribution in [2.45, 2.75) is 71.3 Å². The minimum absolute atomic E-state index is 0.0472. The number of amides is 2. The summed E-state index contributed by atoms with van der Waals surface area (Å²) in [6, 6.07) is 8.52. The normalized spacial score (nSPS) is 23.6. The lowest BCUT2D eigenvalue weighted by molar-refractivity contribution is -0.129. The van der Waals surface area contributed by atoms with Crippen LogP contribution >= 0.6 is 0 Å². The molecule has 0 unspecified atom stereocenters. The number of nitrogens with zero attached hydrogens (tertiary/aromatic N) is 1. The molecule has 2 aliphatic carbocycles. The Morgan fingerprint density at radius 2 is 1.69 bits per heavy atom. The molecule has 0 saturated heterocycles. The summed E-state index contributed by atoms with van der Waals surface area (Å²) in [5.74, 6) is 0.571. The Labute approximate surface area is 157 Å². The molecule has 0 aliphatic heterocycles. The number of carbonyl (C=O) groups is 2. The second-order valence-corrected chi connectivity index (χ2v) is 7.96. The molecule has 0 bridgehead atoms. The molecule has 0 atom stereocenters. The highest BCUT2D eigenvalue weighted by atomic mass is 16.2. The van der Waals surface area contributed by atoms with E-state index in [9.17, 15) is 9.59 Å². The summed E-state index contributed by atoms with van der Waals surface area (Å²) < 4.78 is 0. The minimum atomic E-state index is 0.0472. The van der Waals surface area contributed by atoms with Gasteiger partial charge in [-0.3, -0.25) is 9.59 Å². The molecule has 2 aliphatic rings. The number of anilines is 1. The molecule has 1 aromatic carbocycles. The van der Waals surface area contributed by atoms with Gasteiger partial charge in [0.05, 0.1) is 0 Å². The SMILES string of the molecule is CCN(C(=O)C1CCC(C(=O)NC2CCCC2)CC1)c1cccc(C)c1. The van der Waals surface area contributed by atoms with Crippen LogP contribution in [0.25, 0.3) is 0 Å². The monoisotopic (exact) mass is 356 g/mol. The first-order valence-corrected chi connectivity index (χ1v) is 10.3. The van der Waals surface area contributed by atoms with Crippen LogP contribution in [-0.4, -0.2) is 24.4 Å². The fourth-order valence-corrected chi connectivity index (χ4v) is 4.47. The molecular formula is C22H32N2O2. The maximum Gasteiger partial charge on any atom is 0.230 e. The van der Waals surface area contributed by atoms with E-state index < -0.39 is 0 Å². The first-order chi connectivity index (χ1) is 12.6. The summed E-state index contributed by atoms with van der Waals surface area (Å²) >= 11 is 0. The highest BCUT2D eigenvalue weighted by Gasteiger charge is 2.33. The van der Waals surface area contributed by atoms with Gasteiger partial charge in [0.1, 0.15) is 0 Å². The minimum Gasteiger partial charge on any atom is -0.353 e. The van der Waals surface area contributed by atoms with Crippen molar-refractivity contribution in [3.8, 4) is 0 Å². The van der Waals surface area contributed by atoms with Gasteiger partial charge >= 0.3 is 0 Å². The summed E-state index contributed by atoms with van der Waals surface area (Å²) in [5, 5.41) is 3.22. The topological polar surface area (TPSA) is 49.4 Å². The highest BCUT2D eigenvalue weighted by molar-refractivity contribution is 5.95. The summed E-state index contributed by atoms with van der Waals surface area (Å²) in [6.07, 6.45) is 8.04. The van der Waals surface area contributed by atoms with E-state index in [-0.39, 0.29) is 23.7 Å². The van der Waals surface area contributed by atoms with Crippen LogP contribution in [-0.2, 0) is 9.59 Å². The zero-order valence-corrected chi connectivity index (χ0v) is 16.2. The van der Waals surface area contributed by atoms with Crippen molar-refractivity contribution in [2.24, 2.45) is 11.8 Å². The van der Waals surface area contributed by atoms with Gasteiger partial charge in [-0.1, -0.05) is 25.0 Å². The van der Waals surface area contributed by atoms with E-state index in [2.05, 4.69) is 24.4 Å². The number of nitrogens with one attached hydrogen (secondary N) is 1. The second-order valence-electron chi connectivity index (χ2n) is 7.96. The summed E-state index contributed by atoms with van der Waals surface area (Å²) in [7, 11) is 0. The van der Waals surface area contributed by atoms with Gasteiger partial charge in [-0.2, -0.15) is 0 Å². The molecule has 2 amide bonds. The van der Waals surface area contributed by atoms with Crippen molar-refractivity contribution < 1.29 is 9.59 Å². The van der Waals surface area contributed by atoms with Gasteiger partial charge < -0.3 is 10.2 Å². The van der Waals surface area contributed by atoms with Gasteiger partial charge in [0.25, 0.3) is 0 Å². The number of carbonyl (C=O) groups excluding carboxylic acids is 2. The summed E-state index contributed by atoms with van der Waals surface area (Å²) in [6.45, 7) is 4.77. The Balaban J connectivity index is 1.54. The van der Waals surface area contributed by atoms with Crippen LogP contribution in [0.2, 0.25) is 0 Å². The molecule has 0 spiro atoms. The number of hydrogen-bond donors (Lipinski definition) is 1. The molecule has 1 aromatic rings. The number of benzene rings is 1. The Morgan fingerprint density at radius 1 is 1.04 bits per heavy atom. The first kappa shape index (κ1) is 18.9. The highest BCUT2D eigenvalue weighted by Crippen LogP contribution is 2.32. The summed E-state index contributed by atoms with van der Waals surface area (Å²) in [4.78, 5) is 27.4. The molecule has 2 fully saturated rings. The van der Waals surface area contributed by atoms with Gasteiger partial charge in [0.2, 0.25) is 11.8 Å². The Kier molecular flexibility index (Phi) is 6.33. The lowest BCUT2D eigenvalue weighted by Crippen LogP contribution is -2.41. The molecule has 142 valence electrons. The van der Waals surface area contributed by atoms with Crippen molar-refractivity contribution in [3.05, 3.63) is 29.8 Å². The molecule has 4 nitrogen and oxygen atoms in total. The molecule has 0 radical (unpaired) electrons. The van der Waals surface area contributed by atoms with E-state index in [1.54, 1.807) is 0 Å². The number of hydrogen-bond acceptors (Lipinski definition) is 2. The summed E-state index contributed by atoms with van der Waals surface area (Å²) in [5.41, 5.74) is 2.15. The van der Waals surface area contributed by atoms with Gasteiger partial charge in [-0.25, -0.2) is 0 Å². The predicted octanol–water partition coefficient (Wildman–Crippen LogP) is 4.21. The molecule has 2 saturated carbocycles. The zero-order valence-electron chi connectivity index (χ0n) is 16.2. The maximum absolute atomic E-state index is 13.0. The van der Waals surface area contributed by atoms with Gasteiger partial charge in [0, 0.05) is 30.1 Å². The lowest BCUT2D eigenvalue weighted by Gasteiger charge is -2.32. The quantitative estimate of drug-likeness (QED) is 0.859. The van der Waals surface area contributed by atoms with Gasteiger partial charge in [0.15, 0.2) is 0 Å². The average Bonchev–Trinajstić information content (AvgIpc) is 3.15. The Morgan fingerprint density at radius 3 is 2.31 bits per heavy atom. The third-order valence-electron chi connectivity index (χ3n) is 6.04. The van der Waals surface area contributed by atoms with E-state index in [0.717, 1.165) is 44.2 Å². The Bertz CT molecular complexity index is 629. The second kappa shape index (κ2) is 8.70. The fourth-order valence-electron chi connectivity index (χ4n) is 4.47. The van der Waals surface area contributed by atoms with E-state index >= 15 is 0 Å². The van der Waals surface area contributed by atoms with Crippen LogP contribution in [0, 0.1) is 18.8 Å². The molecule has 26 heavy (non-hydrogen) atoms. The third-order valence-corrected chi connectivity index (χ3v) is 6.04. The predicted molar refractivity (Wildman–Crippen MR) is 105 cm³/mol. The maximum atomic E-state index is 13.0. The van der Waals surface area contributed by atoms with Crippen molar-refractivity contribution in [2.75, 3.05) is 11.4 Å². The Hall–Kier alpha value is -1.84. The largest absolute Gasteiger partial charge is 0.353 e.